The third-order valence-electron chi connectivity index (χ3n) is 2.36. The van der Waals surface area contributed by atoms with Crippen LogP contribution in [0.2, 0.25) is 0 Å². The number of carboxylic acid groups (broad SMARTS) is 1. The van der Waals surface area contributed by atoms with Gasteiger partial charge in [0.25, 0.3) is 11.5 Å². The summed E-state index contributed by atoms with van der Waals surface area (Å²) in [5.74, 6) is -2.09. The fourth-order valence-corrected chi connectivity index (χ4v) is 1.12. The number of aryl methyl sites for hydroxylation is 1. The first-order valence-electron chi connectivity index (χ1n) is 5.09. The molecule has 2 N–H and O–H groups in total. The molecular weight excluding hydrogens is 224 g/mol. The maximum atomic E-state index is 11.6. The second kappa shape index (κ2) is 5.29. The molecule has 0 aliphatic rings. The van der Waals surface area contributed by atoms with Gasteiger partial charge < -0.3 is 15.0 Å². The van der Waals surface area contributed by atoms with Crippen molar-refractivity contribution in [3.63, 3.8) is 0 Å². The molecule has 0 radical (unpaired) electrons. The standard InChI is InChI=1S/C11H14N2O4/c1-7(11(16)17)6-12-10(15)8-3-4-13(2)9(14)5-8/h3-5,7H,6H2,1-2H3,(H,12,15)(H,16,17). The second-order valence-electron chi connectivity index (χ2n) is 3.81. The van der Waals surface area contributed by atoms with Gasteiger partial charge >= 0.3 is 5.97 Å². The molecule has 1 amide bonds. The summed E-state index contributed by atoms with van der Waals surface area (Å²) in [6.07, 6.45) is 1.48. The molecule has 92 valence electrons. The molecular formula is C11H14N2O4. The SMILES string of the molecule is CC(CNC(=O)c1ccn(C)c(=O)c1)C(=O)O. The van der Waals surface area contributed by atoms with E-state index in [0.29, 0.717) is 0 Å². The number of pyridine rings is 1. The van der Waals surface area contributed by atoms with E-state index in [9.17, 15) is 14.4 Å². The number of amides is 1. The summed E-state index contributed by atoms with van der Waals surface area (Å²) in [5, 5.41) is 11.1. The van der Waals surface area contributed by atoms with E-state index in [1.165, 1.54) is 29.8 Å². The smallest absolute Gasteiger partial charge is 0.308 e. The van der Waals surface area contributed by atoms with Crippen LogP contribution in [0.15, 0.2) is 23.1 Å². The minimum atomic E-state index is -0.978. The van der Waals surface area contributed by atoms with Crippen molar-refractivity contribution in [3.8, 4) is 0 Å². The van der Waals surface area contributed by atoms with Crippen LogP contribution in [0.5, 0.6) is 0 Å². The van der Waals surface area contributed by atoms with Crippen LogP contribution in [0, 0.1) is 5.92 Å². The highest BCUT2D eigenvalue weighted by molar-refractivity contribution is 5.94. The summed E-state index contributed by atoms with van der Waals surface area (Å²) in [7, 11) is 1.58. The molecule has 1 heterocycles. The maximum absolute atomic E-state index is 11.6. The Hall–Kier alpha value is -2.11. The van der Waals surface area contributed by atoms with E-state index in [1.54, 1.807) is 7.05 Å². The molecule has 6 nitrogen and oxygen atoms in total. The summed E-state index contributed by atoms with van der Waals surface area (Å²) in [6.45, 7) is 1.52. The highest BCUT2D eigenvalue weighted by atomic mass is 16.4. The van der Waals surface area contributed by atoms with Gasteiger partial charge in [-0.15, -0.1) is 0 Å². The zero-order valence-corrected chi connectivity index (χ0v) is 9.64. The number of carbonyl (C=O) groups is 2. The number of nitrogens with one attached hydrogen (secondary N) is 1. The zero-order chi connectivity index (χ0) is 13.0. The van der Waals surface area contributed by atoms with Gasteiger partial charge in [0.05, 0.1) is 5.92 Å². The summed E-state index contributed by atoms with van der Waals surface area (Å²) < 4.78 is 1.34. The number of aromatic nitrogens is 1. The average Bonchev–Trinajstić information content (AvgIpc) is 2.28. The van der Waals surface area contributed by atoms with Crippen molar-refractivity contribution in [2.45, 2.75) is 6.92 Å². The molecule has 0 aliphatic heterocycles. The maximum Gasteiger partial charge on any atom is 0.308 e. The Bertz CT molecular complexity index is 492. The Morgan fingerprint density at radius 1 is 1.53 bits per heavy atom. The molecule has 0 fully saturated rings. The average molecular weight is 238 g/mol. The van der Waals surface area contributed by atoms with Gasteiger partial charge in [-0.1, -0.05) is 6.92 Å². The van der Waals surface area contributed by atoms with E-state index < -0.39 is 17.8 Å². The predicted molar refractivity (Wildman–Crippen MR) is 60.8 cm³/mol. The van der Waals surface area contributed by atoms with Crippen molar-refractivity contribution in [1.82, 2.24) is 9.88 Å². The van der Waals surface area contributed by atoms with Crippen LogP contribution in [0.4, 0.5) is 0 Å². The first kappa shape index (κ1) is 13.0. The van der Waals surface area contributed by atoms with Crippen molar-refractivity contribution >= 4 is 11.9 Å². The topological polar surface area (TPSA) is 88.4 Å². The van der Waals surface area contributed by atoms with Crippen LogP contribution >= 0.6 is 0 Å². The lowest BCUT2D eigenvalue weighted by Crippen LogP contribution is -2.32. The lowest BCUT2D eigenvalue weighted by molar-refractivity contribution is -0.140. The lowest BCUT2D eigenvalue weighted by atomic mass is 10.2. The van der Waals surface area contributed by atoms with Gasteiger partial charge in [-0.2, -0.15) is 0 Å². The largest absolute Gasteiger partial charge is 0.481 e. The summed E-state index contributed by atoms with van der Waals surface area (Å²) >= 11 is 0. The summed E-state index contributed by atoms with van der Waals surface area (Å²) in [6, 6.07) is 2.71. The molecule has 0 bridgehead atoms. The molecule has 1 aromatic heterocycles. The van der Waals surface area contributed by atoms with E-state index in [2.05, 4.69) is 5.32 Å². The number of hydrogen-bond acceptors (Lipinski definition) is 3. The van der Waals surface area contributed by atoms with Gasteiger partial charge in [-0.3, -0.25) is 14.4 Å². The fourth-order valence-electron chi connectivity index (χ4n) is 1.12. The van der Waals surface area contributed by atoms with Crippen LogP contribution in [0.25, 0.3) is 0 Å². The molecule has 1 atom stereocenters. The molecule has 0 aliphatic carbocycles. The first-order chi connectivity index (χ1) is 7.91. The van der Waals surface area contributed by atoms with E-state index in [-0.39, 0.29) is 17.7 Å². The molecule has 1 unspecified atom stereocenters. The van der Waals surface area contributed by atoms with E-state index in [4.69, 9.17) is 5.11 Å². The zero-order valence-electron chi connectivity index (χ0n) is 9.64. The third kappa shape index (κ3) is 3.44. The van der Waals surface area contributed by atoms with Gasteiger partial charge in [0, 0.05) is 31.4 Å². The molecule has 0 saturated carbocycles. The van der Waals surface area contributed by atoms with Crippen LogP contribution in [0.1, 0.15) is 17.3 Å². The number of carboxylic acids is 1. The van der Waals surface area contributed by atoms with Crippen LogP contribution < -0.4 is 10.9 Å². The van der Waals surface area contributed by atoms with Crippen molar-refractivity contribution in [3.05, 3.63) is 34.2 Å². The number of rotatable bonds is 4. The molecule has 1 rings (SSSR count). The Morgan fingerprint density at radius 3 is 2.71 bits per heavy atom. The Balaban J connectivity index is 2.67. The molecule has 0 saturated heterocycles. The first-order valence-corrected chi connectivity index (χ1v) is 5.09. The number of nitrogens with zero attached hydrogens (tertiary/aromatic N) is 1. The lowest BCUT2D eigenvalue weighted by Gasteiger charge is -2.08. The van der Waals surface area contributed by atoms with Gasteiger partial charge in [0.2, 0.25) is 0 Å². The molecule has 0 spiro atoms. The quantitative estimate of drug-likeness (QED) is 0.762. The predicted octanol–water partition coefficient (Wildman–Crippen LogP) is -0.164. The van der Waals surface area contributed by atoms with Crippen molar-refractivity contribution in [2.24, 2.45) is 13.0 Å². The minimum Gasteiger partial charge on any atom is -0.481 e. The van der Waals surface area contributed by atoms with Crippen molar-refractivity contribution in [2.75, 3.05) is 6.54 Å². The third-order valence-corrected chi connectivity index (χ3v) is 2.36. The van der Waals surface area contributed by atoms with Gasteiger partial charge in [-0.05, 0) is 6.07 Å². The summed E-state index contributed by atoms with van der Waals surface area (Å²) in [5.41, 5.74) is -0.0605. The Labute approximate surface area is 97.9 Å². The Kier molecular flexibility index (Phi) is 4.03. The van der Waals surface area contributed by atoms with Gasteiger partial charge in [0.1, 0.15) is 0 Å². The van der Waals surface area contributed by atoms with Crippen molar-refractivity contribution < 1.29 is 14.7 Å². The van der Waals surface area contributed by atoms with Crippen LogP contribution in [0.3, 0.4) is 0 Å². The molecule has 17 heavy (non-hydrogen) atoms. The Morgan fingerprint density at radius 2 is 2.18 bits per heavy atom. The monoisotopic (exact) mass is 238 g/mol. The highest BCUT2D eigenvalue weighted by Crippen LogP contribution is 1.96. The number of carbonyl (C=O) groups excluding carboxylic acids is 1. The van der Waals surface area contributed by atoms with Gasteiger partial charge in [0.15, 0.2) is 0 Å². The van der Waals surface area contributed by atoms with Crippen molar-refractivity contribution in [1.29, 1.82) is 0 Å². The van der Waals surface area contributed by atoms with Gasteiger partial charge in [-0.25, -0.2) is 0 Å². The highest BCUT2D eigenvalue weighted by Gasteiger charge is 2.13. The molecule has 0 aromatic carbocycles. The fraction of sp³-hybridized carbons (Fsp3) is 0.364. The molecule has 1 aromatic rings. The van der Waals surface area contributed by atoms with E-state index in [1.807, 2.05) is 0 Å². The van der Waals surface area contributed by atoms with E-state index >= 15 is 0 Å². The summed E-state index contributed by atoms with van der Waals surface area (Å²) in [4.78, 5) is 33.4. The van der Waals surface area contributed by atoms with E-state index in [0.717, 1.165) is 0 Å². The van der Waals surface area contributed by atoms with Crippen LogP contribution in [-0.4, -0.2) is 28.1 Å². The normalized spacial score (nSPS) is 11.9. The van der Waals surface area contributed by atoms with Crippen LogP contribution in [-0.2, 0) is 11.8 Å². The number of hydrogen-bond donors (Lipinski definition) is 2. The second-order valence-corrected chi connectivity index (χ2v) is 3.81. The molecule has 6 heteroatoms. The minimum absolute atomic E-state index is 0.0311. The number of aliphatic carboxylic acids is 1.